The lowest BCUT2D eigenvalue weighted by atomic mass is 10.2. The van der Waals surface area contributed by atoms with Gasteiger partial charge in [-0.15, -0.1) is 11.3 Å². The van der Waals surface area contributed by atoms with Crippen molar-refractivity contribution in [3.8, 4) is 0 Å². The maximum absolute atomic E-state index is 11.5. The summed E-state index contributed by atoms with van der Waals surface area (Å²) in [6.07, 6.45) is 3.82. The maximum Gasteiger partial charge on any atom is 0.251 e. The molecule has 2 rings (SSSR count). The molecule has 0 radical (unpaired) electrons. The second-order valence-corrected chi connectivity index (χ2v) is 6.68. The summed E-state index contributed by atoms with van der Waals surface area (Å²) in [5.74, 6) is 0.927. The quantitative estimate of drug-likeness (QED) is 0.930. The normalized spacial score (nSPS) is 11.6. The van der Waals surface area contributed by atoms with E-state index in [4.69, 9.17) is 0 Å². The van der Waals surface area contributed by atoms with Gasteiger partial charge in [0.15, 0.2) is 0 Å². The molecule has 2 heterocycles. The summed E-state index contributed by atoms with van der Waals surface area (Å²) in [5, 5.41) is 0. The molecule has 2 aromatic heterocycles. The summed E-state index contributed by atoms with van der Waals surface area (Å²) < 4.78 is 1.09. The summed E-state index contributed by atoms with van der Waals surface area (Å²) in [5.41, 5.74) is 0.577. The Bertz CT molecular complexity index is 628. The van der Waals surface area contributed by atoms with Crippen LogP contribution in [0, 0.1) is 0 Å². The fourth-order valence-corrected chi connectivity index (χ4v) is 2.77. The van der Waals surface area contributed by atoms with E-state index in [0.29, 0.717) is 5.69 Å². The largest absolute Gasteiger partial charge is 0.310 e. The molecule has 0 aliphatic carbocycles. The van der Waals surface area contributed by atoms with Gasteiger partial charge >= 0.3 is 0 Å². The van der Waals surface area contributed by atoms with Crippen molar-refractivity contribution in [3.05, 3.63) is 48.7 Å². The van der Waals surface area contributed by atoms with E-state index in [1.54, 1.807) is 11.3 Å². The van der Waals surface area contributed by atoms with Crippen molar-refractivity contribution in [1.29, 1.82) is 0 Å². The van der Waals surface area contributed by atoms with E-state index in [1.807, 2.05) is 38.1 Å². The van der Waals surface area contributed by atoms with Gasteiger partial charge in [0.25, 0.3) is 5.56 Å². The number of nitrogens with one attached hydrogen (secondary N) is 1. The molecule has 94 valence electrons. The molecular weight excluding hydrogens is 312 g/mol. The molecule has 0 unspecified atom stereocenters. The number of hydrogen-bond donors (Lipinski definition) is 1. The fourth-order valence-electron chi connectivity index (χ4n) is 1.44. The maximum atomic E-state index is 11.5. The molecule has 0 amide bonds. The zero-order chi connectivity index (χ0) is 13.1. The Balaban J connectivity index is 2.29. The summed E-state index contributed by atoms with van der Waals surface area (Å²) in [6.45, 7) is 4.00. The Hall–Kier alpha value is -1.20. The number of hydrogen-bond acceptors (Lipinski definition) is 3. The van der Waals surface area contributed by atoms with Crippen molar-refractivity contribution in [3.63, 3.8) is 0 Å². The first-order chi connectivity index (χ1) is 8.54. The van der Waals surface area contributed by atoms with Gasteiger partial charge in [-0.1, -0.05) is 13.8 Å². The van der Waals surface area contributed by atoms with Gasteiger partial charge in [0.05, 0.1) is 9.48 Å². The third-order valence-corrected chi connectivity index (χ3v) is 3.93. The summed E-state index contributed by atoms with van der Waals surface area (Å²) in [4.78, 5) is 19.8. The molecule has 5 heteroatoms. The highest BCUT2D eigenvalue weighted by atomic mass is 79.9. The molecule has 18 heavy (non-hydrogen) atoms. The van der Waals surface area contributed by atoms with Crippen LogP contribution in [0.2, 0.25) is 0 Å². The van der Waals surface area contributed by atoms with Gasteiger partial charge in [-0.25, -0.2) is 4.98 Å². The monoisotopic (exact) mass is 324 g/mol. The SMILES string of the molecule is CC(C)c1nc(/C=C/c2ccc(Br)s2)cc(=O)[nH]1. The van der Waals surface area contributed by atoms with Crippen LogP contribution in [0.25, 0.3) is 12.2 Å². The van der Waals surface area contributed by atoms with Crippen LogP contribution in [0.5, 0.6) is 0 Å². The molecule has 0 spiro atoms. The van der Waals surface area contributed by atoms with Gasteiger partial charge < -0.3 is 4.98 Å². The Morgan fingerprint density at radius 1 is 1.39 bits per heavy atom. The van der Waals surface area contributed by atoms with Gasteiger partial charge in [-0.05, 0) is 40.2 Å². The van der Waals surface area contributed by atoms with Gasteiger partial charge in [0, 0.05) is 16.9 Å². The molecule has 3 nitrogen and oxygen atoms in total. The van der Waals surface area contributed by atoms with Crippen LogP contribution in [-0.2, 0) is 0 Å². The van der Waals surface area contributed by atoms with Crippen molar-refractivity contribution in [2.75, 3.05) is 0 Å². The lowest BCUT2D eigenvalue weighted by Gasteiger charge is -2.03. The first-order valence-corrected chi connectivity index (χ1v) is 7.20. The molecule has 0 saturated carbocycles. The highest BCUT2D eigenvalue weighted by Crippen LogP contribution is 2.23. The van der Waals surface area contributed by atoms with Crippen LogP contribution in [0.4, 0.5) is 0 Å². The Morgan fingerprint density at radius 3 is 2.78 bits per heavy atom. The molecule has 2 aromatic rings. The van der Waals surface area contributed by atoms with Gasteiger partial charge in [0.1, 0.15) is 5.82 Å². The fraction of sp³-hybridized carbons (Fsp3) is 0.231. The van der Waals surface area contributed by atoms with Crippen LogP contribution in [0.3, 0.4) is 0 Å². The van der Waals surface area contributed by atoms with Crippen molar-refractivity contribution < 1.29 is 0 Å². The minimum absolute atomic E-state index is 0.110. The van der Waals surface area contributed by atoms with Crippen molar-refractivity contribution in [2.24, 2.45) is 0 Å². The van der Waals surface area contributed by atoms with E-state index in [9.17, 15) is 4.79 Å². The third kappa shape index (κ3) is 3.40. The van der Waals surface area contributed by atoms with Crippen LogP contribution < -0.4 is 5.56 Å². The van der Waals surface area contributed by atoms with Crippen molar-refractivity contribution in [1.82, 2.24) is 9.97 Å². The highest BCUT2D eigenvalue weighted by molar-refractivity contribution is 9.11. The second kappa shape index (κ2) is 5.63. The zero-order valence-electron chi connectivity index (χ0n) is 10.1. The molecule has 0 aliphatic rings. The number of rotatable bonds is 3. The van der Waals surface area contributed by atoms with Crippen LogP contribution >= 0.6 is 27.3 Å². The lowest BCUT2D eigenvalue weighted by Crippen LogP contribution is -2.12. The Morgan fingerprint density at radius 2 is 2.17 bits per heavy atom. The molecule has 0 saturated heterocycles. The standard InChI is InChI=1S/C13H13BrN2OS/c1-8(2)13-15-9(7-12(17)16-13)3-4-10-5-6-11(14)18-10/h3-8H,1-2H3,(H,15,16,17)/b4-3+. The molecule has 0 fully saturated rings. The molecule has 0 bridgehead atoms. The molecule has 0 aliphatic heterocycles. The lowest BCUT2D eigenvalue weighted by molar-refractivity contribution is 0.764. The number of H-pyrrole nitrogens is 1. The summed E-state index contributed by atoms with van der Waals surface area (Å²) >= 11 is 5.05. The zero-order valence-corrected chi connectivity index (χ0v) is 12.5. The van der Waals surface area contributed by atoms with Crippen molar-refractivity contribution >= 4 is 39.4 Å². The smallest absolute Gasteiger partial charge is 0.251 e. The van der Waals surface area contributed by atoms with Gasteiger partial charge in [0.2, 0.25) is 0 Å². The van der Waals surface area contributed by atoms with E-state index in [1.165, 1.54) is 6.07 Å². The highest BCUT2D eigenvalue weighted by Gasteiger charge is 2.03. The van der Waals surface area contributed by atoms with E-state index in [0.717, 1.165) is 14.5 Å². The van der Waals surface area contributed by atoms with Crippen LogP contribution in [0.1, 0.15) is 36.2 Å². The number of halogens is 1. The molecule has 0 aromatic carbocycles. The topological polar surface area (TPSA) is 45.8 Å². The molecule has 1 N–H and O–H groups in total. The second-order valence-electron chi connectivity index (χ2n) is 4.19. The summed E-state index contributed by atoms with van der Waals surface area (Å²) in [6, 6.07) is 5.52. The van der Waals surface area contributed by atoms with E-state index < -0.39 is 0 Å². The van der Waals surface area contributed by atoms with Gasteiger partial charge in [-0.2, -0.15) is 0 Å². The first kappa shape index (κ1) is 13.2. The average molecular weight is 325 g/mol. The first-order valence-electron chi connectivity index (χ1n) is 5.59. The van der Waals surface area contributed by atoms with E-state index in [2.05, 4.69) is 25.9 Å². The Labute approximate surface area is 118 Å². The minimum atomic E-state index is -0.110. The van der Waals surface area contributed by atoms with E-state index >= 15 is 0 Å². The predicted molar refractivity (Wildman–Crippen MR) is 79.9 cm³/mol. The predicted octanol–water partition coefficient (Wildman–Crippen LogP) is 3.89. The van der Waals surface area contributed by atoms with E-state index in [-0.39, 0.29) is 11.5 Å². The van der Waals surface area contributed by atoms with Crippen molar-refractivity contribution in [2.45, 2.75) is 19.8 Å². The number of nitrogens with zero attached hydrogens (tertiary/aromatic N) is 1. The average Bonchev–Trinajstić information content (AvgIpc) is 2.72. The minimum Gasteiger partial charge on any atom is -0.310 e. The number of thiophene rings is 1. The van der Waals surface area contributed by atoms with Gasteiger partial charge in [-0.3, -0.25) is 4.79 Å². The third-order valence-electron chi connectivity index (χ3n) is 2.34. The van der Waals surface area contributed by atoms with Crippen LogP contribution in [-0.4, -0.2) is 9.97 Å². The number of aromatic amines is 1. The number of aromatic nitrogens is 2. The Kier molecular flexibility index (Phi) is 4.14. The summed E-state index contributed by atoms with van der Waals surface area (Å²) in [7, 11) is 0. The molecular formula is C13H13BrN2OS. The molecule has 0 atom stereocenters. The van der Waals surface area contributed by atoms with Crippen LogP contribution in [0.15, 0.2) is 26.8 Å².